The summed E-state index contributed by atoms with van der Waals surface area (Å²) in [5, 5.41) is 12.7. The summed E-state index contributed by atoms with van der Waals surface area (Å²) < 4.78 is 28.9. The number of halogens is 2. The van der Waals surface area contributed by atoms with Crippen molar-refractivity contribution < 1.29 is 23.4 Å². The number of nitrogens with one attached hydrogen (secondary N) is 1. The average Bonchev–Trinajstić information content (AvgIpc) is 2.90. The maximum Gasteiger partial charge on any atom is 0.387 e. The number of carboxylic acids is 1. The van der Waals surface area contributed by atoms with Gasteiger partial charge in [-0.2, -0.15) is 8.78 Å². The van der Waals surface area contributed by atoms with Crippen molar-refractivity contribution in [3.05, 3.63) is 29.8 Å². The van der Waals surface area contributed by atoms with Crippen molar-refractivity contribution in [3.63, 3.8) is 0 Å². The van der Waals surface area contributed by atoms with Crippen LogP contribution in [0.3, 0.4) is 0 Å². The van der Waals surface area contributed by atoms with Gasteiger partial charge < -0.3 is 9.84 Å². The Morgan fingerprint density at radius 2 is 2.10 bits per heavy atom. The molecule has 0 amide bonds. The van der Waals surface area contributed by atoms with Gasteiger partial charge in [0.25, 0.3) is 0 Å². The first-order chi connectivity index (χ1) is 9.91. The molecule has 0 saturated heterocycles. The third-order valence-electron chi connectivity index (χ3n) is 3.91. The minimum Gasteiger partial charge on any atom is -0.480 e. The quantitative estimate of drug-likeness (QED) is 0.847. The molecule has 4 nitrogen and oxygen atoms in total. The second kappa shape index (κ2) is 6.39. The van der Waals surface area contributed by atoms with E-state index in [2.05, 4.69) is 10.1 Å². The second-order valence-corrected chi connectivity index (χ2v) is 5.46. The van der Waals surface area contributed by atoms with Gasteiger partial charge in [-0.1, -0.05) is 25.0 Å². The molecule has 2 N–H and O–H groups in total. The number of ether oxygens (including phenoxy) is 1. The summed E-state index contributed by atoms with van der Waals surface area (Å²) >= 11 is 0. The van der Waals surface area contributed by atoms with Crippen LogP contribution in [0, 0.1) is 0 Å². The minimum atomic E-state index is -2.93. The molecule has 1 atom stereocenters. The predicted molar refractivity (Wildman–Crippen MR) is 73.5 cm³/mol. The van der Waals surface area contributed by atoms with E-state index in [9.17, 15) is 18.7 Å². The number of hydrogen-bond donors (Lipinski definition) is 2. The zero-order chi connectivity index (χ0) is 15.5. The predicted octanol–water partition coefficient (Wildman–Crippen LogP) is 3.12. The van der Waals surface area contributed by atoms with Gasteiger partial charge in [0, 0.05) is 6.04 Å². The summed E-state index contributed by atoms with van der Waals surface area (Å²) in [4.78, 5) is 11.7. The van der Waals surface area contributed by atoms with E-state index in [1.54, 1.807) is 13.0 Å². The highest BCUT2D eigenvalue weighted by Crippen LogP contribution is 2.29. The molecule has 0 radical (unpaired) electrons. The van der Waals surface area contributed by atoms with E-state index in [0.29, 0.717) is 5.56 Å². The Bertz CT molecular complexity index is 503. The maximum atomic E-state index is 12.3. The van der Waals surface area contributed by atoms with Crippen LogP contribution >= 0.6 is 0 Å². The minimum absolute atomic E-state index is 0.0387. The molecule has 1 unspecified atom stereocenters. The number of carbonyl (C=O) groups is 1. The van der Waals surface area contributed by atoms with Crippen molar-refractivity contribution in [2.45, 2.75) is 50.8 Å². The Hall–Kier alpha value is -1.69. The van der Waals surface area contributed by atoms with E-state index < -0.39 is 18.1 Å². The maximum absolute atomic E-state index is 12.3. The molecule has 1 fully saturated rings. The summed E-state index contributed by atoms with van der Waals surface area (Å²) in [5.74, 6) is -1.08. The Morgan fingerprint density at radius 1 is 1.43 bits per heavy atom. The molecule has 0 heterocycles. The Balaban J connectivity index is 2.26. The van der Waals surface area contributed by atoms with Crippen molar-refractivity contribution in [1.29, 1.82) is 0 Å². The molecule has 1 aliphatic rings. The highest BCUT2D eigenvalue weighted by atomic mass is 19.3. The van der Waals surface area contributed by atoms with Crippen LogP contribution in [0.1, 0.15) is 38.2 Å². The van der Waals surface area contributed by atoms with Gasteiger partial charge in [0.05, 0.1) is 0 Å². The van der Waals surface area contributed by atoms with Gasteiger partial charge in [0.1, 0.15) is 11.3 Å². The second-order valence-electron chi connectivity index (χ2n) is 5.46. The molecule has 0 spiro atoms. The van der Waals surface area contributed by atoms with E-state index in [1.807, 2.05) is 0 Å². The van der Waals surface area contributed by atoms with Crippen molar-refractivity contribution in [2.24, 2.45) is 0 Å². The topological polar surface area (TPSA) is 58.6 Å². The van der Waals surface area contributed by atoms with E-state index >= 15 is 0 Å². The Kier molecular flexibility index (Phi) is 4.77. The van der Waals surface area contributed by atoms with E-state index in [4.69, 9.17) is 0 Å². The van der Waals surface area contributed by atoms with Gasteiger partial charge in [0.15, 0.2) is 0 Å². The number of alkyl halides is 2. The number of aliphatic carboxylic acids is 1. The molecule has 1 saturated carbocycles. The summed E-state index contributed by atoms with van der Waals surface area (Å²) in [7, 11) is 0. The van der Waals surface area contributed by atoms with Crippen LogP contribution in [-0.4, -0.2) is 23.7 Å². The number of hydrogen-bond acceptors (Lipinski definition) is 3. The molecule has 116 valence electrons. The van der Waals surface area contributed by atoms with Crippen LogP contribution in [0.5, 0.6) is 5.75 Å². The lowest BCUT2D eigenvalue weighted by molar-refractivity contribution is -0.145. The fourth-order valence-corrected chi connectivity index (χ4v) is 2.73. The lowest BCUT2D eigenvalue weighted by Crippen LogP contribution is -2.50. The molecule has 6 heteroatoms. The first-order valence-corrected chi connectivity index (χ1v) is 6.98. The fraction of sp³-hybridized carbons (Fsp3) is 0.533. The highest BCUT2D eigenvalue weighted by molar-refractivity contribution is 5.80. The monoisotopic (exact) mass is 299 g/mol. The van der Waals surface area contributed by atoms with Crippen LogP contribution in [0.2, 0.25) is 0 Å². The summed E-state index contributed by atoms with van der Waals surface area (Å²) in [6.45, 7) is -1.38. The molecule has 1 aromatic rings. The van der Waals surface area contributed by atoms with Crippen LogP contribution < -0.4 is 10.1 Å². The van der Waals surface area contributed by atoms with Gasteiger partial charge in [-0.05, 0) is 37.5 Å². The number of carboxylic acid groups (broad SMARTS) is 1. The van der Waals surface area contributed by atoms with Crippen LogP contribution in [-0.2, 0) is 10.3 Å². The zero-order valence-corrected chi connectivity index (χ0v) is 11.8. The van der Waals surface area contributed by atoms with Gasteiger partial charge >= 0.3 is 12.6 Å². The van der Waals surface area contributed by atoms with Crippen LogP contribution in [0.4, 0.5) is 8.78 Å². The lowest BCUT2D eigenvalue weighted by Gasteiger charge is -2.30. The molecule has 21 heavy (non-hydrogen) atoms. The fourth-order valence-electron chi connectivity index (χ4n) is 2.73. The van der Waals surface area contributed by atoms with Crippen molar-refractivity contribution in [1.82, 2.24) is 5.32 Å². The Labute approximate surface area is 122 Å². The van der Waals surface area contributed by atoms with Crippen molar-refractivity contribution in [3.8, 4) is 5.75 Å². The van der Waals surface area contributed by atoms with E-state index in [-0.39, 0.29) is 11.8 Å². The smallest absolute Gasteiger partial charge is 0.387 e. The lowest BCUT2D eigenvalue weighted by atomic mass is 9.90. The largest absolute Gasteiger partial charge is 0.480 e. The van der Waals surface area contributed by atoms with Crippen LogP contribution in [0.15, 0.2) is 24.3 Å². The standard InChI is InChI=1S/C15H19F2NO3/c1-15(13(19)20,18-11-6-2-3-7-11)10-5-4-8-12(9-10)21-14(16)17/h4-5,8-9,11,14,18H,2-3,6-7H2,1H3,(H,19,20). The van der Waals surface area contributed by atoms with Gasteiger partial charge in [-0.3, -0.25) is 5.32 Å². The van der Waals surface area contributed by atoms with Crippen LogP contribution in [0.25, 0.3) is 0 Å². The van der Waals surface area contributed by atoms with Gasteiger partial charge in [-0.15, -0.1) is 0 Å². The zero-order valence-electron chi connectivity index (χ0n) is 11.8. The third kappa shape index (κ3) is 3.69. The Morgan fingerprint density at radius 3 is 2.67 bits per heavy atom. The van der Waals surface area contributed by atoms with Crippen molar-refractivity contribution >= 4 is 5.97 Å². The van der Waals surface area contributed by atoms with E-state index in [0.717, 1.165) is 25.7 Å². The first kappa shape index (κ1) is 15.7. The number of benzene rings is 1. The molecular weight excluding hydrogens is 280 g/mol. The molecule has 0 aliphatic heterocycles. The summed E-state index contributed by atoms with van der Waals surface area (Å²) in [5.41, 5.74) is -0.920. The first-order valence-electron chi connectivity index (χ1n) is 6.98. The molecule has 0 bridgehead atoms. The van der Waals surface area contributed by atoms with Gasteiger partial charge in [-0.25, -0.2) is 4.79 Å². The normalized spacial score (nSPS) is 18.7. The van der Waals surface area contributed by atoms with Crippen molar-refractivity contribution in [2.75, 3.05) is 0 Å². The SMILES string of the molecule is CC(NC1CCCC1)(C(=O)O)c1cccc(OC(F)F)c1. The molecule has 0 aromatic heterocycles. The summed E-state index contributed by atoms with van der Waals surface area (Å²) in [6.07, 6.45) is 4.00. The number of rotatable bonds is 6. The highest BCUT2D eigenvalue weighted by Gasteiger charge is 2.38. The molecule has 2 rings (SSSR count). The average molecular weight is 299 g/mol. The van der Waals surface area contributed by atoms with E-state index in [1.165, 1.54) is 18.2 Å². The third-order valence-corrected chi connectivity index (χ3v) is 3.91. The molecular formula is C15H19F2NO3. The van der Waals surface area contributed by atoms with Gasteiger partial charge in [0.2, 0.25) is 0 Å². The summed E-state index contributed by atoms with van der Waals surface area (Å²) in [6, 6.07) is 5.99. The molecule has 1 aromatic carbocycles. The molecule has 1 aliphatic carbocycles.